The molecule has 0 aliphatic carbocycles. The number of anilines is 1. The molecule has 0 unspecified atom stereocenters. The number of ether oxygens (including phenoxy) is 1. The van der Waals surface area contributed by atoms with Gasteiger partial charge in [-0.3, -0.25) is 0 Å². The molecule has 0 aliphatic heterocycles. The van der Waals surface area contributed by atoms with Gasteiger partial charge in [0.25, 0.3) is 0 Å². The Bertz CT molecular complexity index is 500. The SMILES string of the molecule is CCC(CC)(CO)NC(=O)Nc1ccc(F)cc1OC(F)F. The Morgan fingerprint density at radius 3 is 2.50 bits per heavy atom. The number of carbonyl (C=O) groups excluding carboxylic acids is 1. The van der Waals surface area contributed by atoms with Crippen molar-refractivity contribution in [2.24, 2.45) is 0 Å². The van der Waals surface area contributed by atoms with E-state index in [4.69, 9.17) is 0 Å². The fourth-order valence-electron chi connectivity index (χ4n) is 1.88. The second kappa shape index (κ2) is 7.88. The summed E-state index contributed by atoms with van der Waals surface area (Å²) in [6.45, 7) is 0.178. The van der Waals surface area contributed by atoms with Crippen LogP contribution in [0, 0.1) is 5.82 Å². The average molecular weight is 320 g/mol. The van der Waals surface area contributed by atoms with Gasteiger partial charge in [0.2, 0.25) is 0 Å². The summed E-state index contributed by atoms with van der Waals surface area (Å²) in [6.07, 6.45) is 0.967. The van der Waals surface area contributed by atoms with Crippen molar-refractivity contribution in [3.63, 3.8) is 0 Å². The Morgan fingerprint density at radius 2 is 2.00 bits per heavy atom. The van der Waals surface area contributed by atoms with Crippen LogP contribution in [0.2, 0.25) is 0 Å². The first-order valence-electron chi connectivity index (χ1n) is 6.80. The second-order valence-corrected chi connectivity index (χ2v) is 4.74. The normalized spacial score (nSPS) is 11.4. The number of urea groups is 1. The minimum absolute atomic E-state index is 0.0988. The fraction of sp³-hybridized carbons (Fsp3) is 0.500. The van der Waals surface area contributed by atoms with Gasteiger partial charge in [-0.15, -0.1) is 0 Å². The third kappa shape index (κ3) is 4.80. The molecular formula is C14H19F3N2O3. The van der Waals surface area contributed by atoms with Crippen LogP contribution in [0.5, 0.6) is 5.75 Å². The monoisotopic (exact) mass is 320 g/mol. The molecular weight excluding hydrogens is 301 g/mol. The lowest BCUT2D eigenvalue weighted by atomic mass is 9.94. The summed E-state index contributed by atoms with van der Waals surface area (Å²) in [5.74, 6) is -1.25. The Balaban J connectivity index is 2.88. The summed E-state index contributed by atoms with van der Waals surface area (Å²) < 4.78 is 41.9. The highest BCUT2D eigenvalue weighted by atomic mass is 19.3. The lowest BCUT2D eigenvalue weighted by molar-refractivity contribution is -0.0495. The van der Waals surface area contributed by atoms with Crippen molar-refractivity contribution < 1.29 is 27.8 Å². The number of alkyl halides is 2. The highest BCUT2D eigenvalue weighted by Crippen LogP contribution is 2.27. The molecule has 0 bridgehead atoms. The molecule has 0 saturated heterocycles. The Hall–Kier alpha value is -1.96. The lowest BCUT2D eigenvalue weighted by Crippen LogP contribution is -2.52. The minimum atomic E-state index is -3.15. The van der Waals surface area contributed by atoms with E-state index in [9.17, 15) is 23.1 Å². The minimum Gasteiger partial charge on any atom is -0.432 e. The topological polar surface area (TPSA) is 70.6 Å². The van der Waals surface area contributed by atoms with E-state index in [2.05, 4.69) is 15.4 Å². The summed E-state index contributed by atoms with van der Waals surface area (Å²) in [4.78, 5) is 12.0. The first-order chi connectivity index (χ1) is 10.4. The second-order valence-electron chi connectivity index (χ2n) is 4.74. The number of hydrogen-bond acceptors (Lipinski definition) is 3. The molecule has 1 rings (SSSR count). The van der Waals surface area contributed by atoms with Gasteiger partial charge in [0.1, 0.15) is 5.82 Å². The van der Waals surface area contributed by atoms with Gasteiger partial charge in [0.05, 0.1) is 17.8 Å². The van der Waals surface area contributed by atoms with Crippen LogP contribution in [0.1, 0.15) is 26.7 Å². The van der Waals surface area contributed by atoms with Crippen LogP contribution in [0.4, 0.5) is 23.7 Å². The number of amides is 2. The van der Waals surface area contributed by atoms with E-state index in [0.717, 1.165) is 18.2 Å². The summed E-state index contributed by atoms with van der Waals surface area (Å²) in [5.41, 5.74) is -0.911. The van der Waals surface area contributed by atoms with Gasteiger partial charge in [-0.1, -0.05) is 13.8 Å². The van der Waals surface area contributed by atoms with E-state index in [1.54, 1.807) is 13.8 Å². The highest BCUT2D eigenvalue weighted by molar-refractivity contribution is 5.91. The highest BCUT2D eigenvalue weighted by Gasteiger charge is 2.27. The van der Waals surface area contributed by atoms with Crippen molar-refractivity contribution in [2.45, 2.75) is 38.8 Å². The largest absolute Gasteiger partial charge is 0.432 e. The van der Waals surface area contributed by atoms with E-state index < -0.39 is 29.7 Å². The number of hydrogen-bond donors (Lipinski definition) is 3. The molecule has 3 N–H and O–H groups in total. The van der Waals surface area contributed by atoms with E-state index in [-0.39, 0.29) is 12.3 Å². The van der Waals surface area contributed by atoms with E-state index >= 15 is 0 Å². The van der Waals surface area contributed by atoms with Crippen molar-refractivity contribution >= 4 is 11.7 Å². The number of rotatable bonds is 7. The molecule has 0 fully saturated rings. The fourth-order valence-corrected chi connectivity index (χ4v) is 1.88. The number of halogens is 3. The van der Waals surface area contributed by atoms with E-state index in [1.165, 1.54) is 0 Å². The zero-order chi connectivity index (χ0) is 16.8. The summed E-state index contributed by atoms with van der Waals surface area (Å²) >= 11 is 0. The lowest BCUT2D eigenvalue weighted by Gasteiger charge is -2.30. The molecule has 5 nitrogen and oxygen atoms in total. The molecule has 22 heavy (non-hydrogen) atoms. The maximum absolute atomic E-state index is 13.1. The molecule has 0 aromatic heterocycles. The maximum Gasteiger partial charge on any atom is 0.387 e. The van der Waals surface area contributed by atoms with Gasteiger partial charge in [0, 0.05) is 6.07 Å². The Kier molecular flexibility index (Phi) is 6.48. The predicted octanol–water partition coefficient (Wildman–Crippen LogP) is 3.10. The van der Waals surface area contributed by atoms with Crippen LogP contribution in [-0.4, -0.2) is 29.9 Å². The van der Waals surface area contributed by atoms with Gasteiger partial charge in [-0.2, -0.15) is 8.78 Å². The van der Waals surface area contributed by atoms with Crippen molar-refractivity contribution in [3.8, 4) is 5.75 Å². The molecule has 0 spiro atoms. The Morgan fingerprint density at radius 1 is 1.36 bits per heavy atom. The van der Waals surface area contributed by atoms with Gasteiger partial charge >= 0.3 is 12.6 Å². The average Bonchev–Trinajstić information content (AvgIpc) is 2.47. The standard InChI is InChI=1S/C14H19F3N2O3/c1-3-14(4-2,8-20)19-13(21)18-10-6-5-9(15)7-11(10)22-12(16)17/h5-7,12,20H,3-4,8H2,1-2H3,(H2,18,19,21). The molecule has 0 saturated carbocycles. The molecule has 2 amide bonds. The van der Waals surface area contributed by atoms with Crippen LogP contribution in [-0.2, 0) is 0 Å². The predicted molar refractivity (Wildman–Crippen MR) is 75.6 cm³/mol. The van der Waals surface area contributed by atoms with Crippen molar-refractivity contribution in [2.75, 3.05) is 11.9 Å². The maximum atomic E-state index is 13.1. The van der Waals surface area contributed by atoms with Crippen molar-refractivity contribution in [1.29, 1.82) is 0 Å². The molecule has 0 aliphatic rings. The van der Waals surface area contributed by atoms with Crippen molar-refractivity contribution in [1.82, 2.24) is 5.32 Å². The third-order valence-electron chi connectivity index (χ3n) is 3.44. The zero-order valence-electron chi connectivity index (χ0n) is 12.3. The molecule has 0 atom stereocenters. The summed E-state index contributed by atoms with van der Waals surface area (Å²) in [6, 6.07) is 2.17. The van der Waals surface area contributed by atoms with Gasteiger partial charge < -0.3 is 20.5 Å². The third-order valence-corrected chi connectivity index (χ3v) is 3.44. The van der Waals surface area contributed by atoms with Crippen molar-refractivity contribution in [3.05, 3.63) is 24.0 Å². The Labute approximate surface area is 126 Å². The van der Waals surface area contributed by atoms with Crippen LogP contribution in [0.15, 0.2) is 18.2 Å². The molecule has 1 aromatic rings. The molecule has 1 aromatic carbocycles. The number of carbonyl (C=O) groups is 1. The molecule has 0 heterocycles. The van der Waals surface area contributed by atoms with Crippen LogP contribution < -0.4 is 15.4 Å². The number of aliphatic hydroxyl groups is 1. The van der Waals surface area contributed by atoms with E-state index in [1.807, 2.05) is 0 Å². The van der Waals surface area contributed by atoms with Crippen LogP contribution >= 0.6 is 0 Å². The van der Waals surface area contributed by atoms with E-state index in [0.29, 0.717) is 12.8 Å². The first kappa shape index (κ1) is 18.1. The van der Waals surface area contributed by atoms with Gasteiger partial charge in [-0.05, 0) is 25.0 Å². The molecule has 0 radical (unpaired) electrons. The van der Waals surface area contributed by atoms with Crippen LogP contribution in [0.3, 0.4) is 0 Å². The number of nitrogens with one attached hydrogen (secondary N) is 2. The molecule has 8 heteroatoms. The zero-order valence-corrected chi connectivity index (χ0v) is 12.3. The van der Waals surface area contributed by atoms with Gasteiger partial charge in [-0.25, -0.2) is 9.18 Å². The molecule has 124 valence electrons. The van der Waals surface area contributed by atoms with Gasteiger partial charge in [0.15, 0.2) is 5.75 Å². The number of benzene rings is 1. The summed E-state index contributed by atoms with van der Waals surface area (Å²) in [7, 11) is 0. The first-order valence-corrected chi connectivity index (χ1v) is 6.80. The smallest absolute Gasteiger partial charge is 0.387 e. The summed E-state index contributed by atoms with van der Waals surface area (Å²) in [5, 5.41) is 14.3. The van der Waals surface area contributed by atoms with Crippen LogP contribution in [0.25, 0.3) is 0 Å². The quantitative estimate of drug-likeness (QED) is 0.723. The number of aliphatic hydroxyl groups excluding tert-OH is 1.